The molecule has 0 aliphatic rings. The fourth-order valence-corrected chi connectivity index (χ4v) is 0.924. The largest absolute Gasteiger partial charge is 0.188 e. The highest BCUT2D eigenvalue weighted by molar-refractivity contribution is 7.93. The number of benzene rings is 1. The lowest BCUT2D eigenvalue weighted by atomic mass is 10.1. The summed E-state index contributed by atoms with van der Waals surface area (Å²) in [5.74, 6) is 0. The maximum absolute atomic E-state index is 4.44. The molecule has 0 aromatic heterocycles. The van der Waals surface area contributed by atoms with Crippen LogP contribution in [0.1, 0.15) is 12.5 Å². The van der Waals surface area contributed by atoms with Crippen LogP contribution in [0.15, 0.2) is 35.5 Å². The summed E-state index contributed by atoms with van der Waals surface area (Å²) in [5, 5.41) is 7.94. The first-order chi connectivity index (χ1) is 6.84. The fraction of sp³-hybridized carbons (Fsp3) is 0.222. The molecule has 4 nitrogen and oxygen atoms in total. The van der Waals surface area contributed by atoms with E-state index in [4.69, 9.17) is 0 Å². The molecule has 5 heteroatoms. The number of hydrogen-bond acceptors (Lipinski definition) is 5. The monoisotopic (exact) mass is 213 g/mol. The van der Waals surface area contributed by atoms with Crippen LogP contribution in [-0.4, -0.2) is 12.0 Å². The van der Waals surface area contributed by atoms with E-state index in [2.05, 4.69) is 19.5 Å². The van der Waals surface area contributed by atoms with Gasteiger partial charge in [0.05, 0.1) is 5.71 Å². The second-order valence-corrected chi connectivity index (χ2v) is 2.89. The Kier molecular flexibility index (Phi) is 5.06. The van der Waals surface area contributed by atoms with Crippen LogP contribution in [0.5, 0.6) is 0 Å². The van der Waals surface area contributed by atoms with E-state index in [1.807, 2.05) is 37.3 Å². The van der Waals surface area contributed by atoms with E-state index in [0.717, 1.165) is 23.3 Å². The second-order valence-electron chi connectivity index (χ2n) is 2.42. The zero-order chi connectivity index (χ0) is 10.2. The van der Waals surface area contributed by atoms with E-state index < -0.39 is 0 Å². The molecule has 1 rings (SSSR count). The zero-order valence-corrected chi connectivity index (χ0v) is 8.78. The van der Waals surface area contributed by atoms with Gasteiger partial charge in [0.2, 0.25) is 0 Å². The van der Waals surface area contributed by atoms with Gasteiger partial charge in [-0.1, -0.05) is 30.3 Å². The molecule has 0 aliphatic carbocycles. The molecule has 76 valence electrons. The molecule has 0 saturated heterocycles. The number of nitrogens with zero attached hydrogens (tertiary/aromatic N) is 1. The van der Waals surface area contributed by atoms with Gasteiger partial charge in [0, 0.05) is 23.3 Å². The average Bonchev–Trinajstić information content (AvgIpc) is 2.25. The third-order valence-electron chi connectivity index (χ3n) is 1.49. The maximum atomic E-state index is 4.44. The van der Waals surface area contributed by atoms with Gasteiger partial charge in [0.1, 0.15) is 0 Å². The molecular weight excluding hydrogens is 202 g/mol. The Hall–Kier alpha value is -1.04. The van der Waals surface area contributed by atoms with Crippen LogP contribution >= 0.6 is 12.0 Å². The molecule has 0 unspecified atom stereocenters. The lowest BCUT2D eigenvalue weighted by Crippen LogP contribution is -1.95. The summed E-state index contributed by atoms with van der Waals surface area (Å²) in [7, 11) is 0. The topological polar surface area (TPSA) is 40.0 Å². The average molecular weight is 213 g/mol. The highest BCUT2D eigenvalue weighted by Crippen LogP contribution is 2.02. The molecular formula is C9H11NO3S. The standard InChI is InChI=1S/C9H11NO3S/c1-8(10-11-12-13-14-2)9-6-4-3-5-7-9/h3-7H,1-2H3/b10-8-. The third-order valence-corrected chi connectivity index (χ3v) is 1.68. The van der Waals surface area contributed by atoms with Gasteiger partial charge >= 0.3 is 0 Å². The lowest BCUT2D eigenvalue weighted by molar-refractivity contribution is -0.461. The lowest BCUT2D eigenvalue weighted by Gasteiger charge is -1.98. The van der Waals surface area contributed by atoms with Gasteiger partial charge in [0.25, 0.3) is 0 Å². The van der Waals surface area contributed by atoms with Crippen molar-refractivity contribution in [3.63, 3.8) is 0 Å². The molecule has 0 saturated carbocycles. The minimum atomic E-state index is 0.718. The Morgan fingerprint density at radius 2 is 2.00 bits per heavy atom. The first kappa shape index (κ1) is 11.0. The van der Waals surface area contributed by atoms with Crippen LogP contribution in [0.2, 0.25) is 0 Å². The molecule has 0 amide bonds. The SMILES string of the molecule is CSOOO/N=C(/C)c1ccccc1. The molecule has 1 aromatic rings. The molecule has 0 N–H and O–H groups in total. The number of hydrogen-bond donors (Lipinski definition) is 0. The van der Waals surface area contributed by atoms with Gasteiger partial charge < -0.3 is 0 Å². The van der Waals surface area contributed by atoms with E-state index in [0.29, 0.717) is 0 Å². The van der Waals surface area contributed by atoms with Crippen LogP contribution in [-0.2, 0) is 14.4 Å². The summed E-state index contributed by atoms with van der Waals surface area (Å²) in [5.41, 5.74) is 1.69. The normalized spacial score (nSPS) is 11.4. The second kappa shape index (κ2) is 6.42. The Morgan fingerprint density at radius 1 is 1.29 bits per heavy atom. The minimum absolute atomic E-state index is 0.718. The summed E-state index contributed by atoms with van der Waals surface area (Å²) >= 11 is 1.03. The van der Waals surface area contributed by atoms with E-state index in [1.54, 1.807) is 6.26 Å². The van der Waals surface area contributed by atoms with Gasteiger partial charge in [-0.05, 0) is 17.6 Å². The van der Waals surface area contributed by atoms with Crippen molar-refractivity contribution in [2.24, 2.45) is 5.16 Å². The molecule has 0 aliphatic heterocycles. The molecule has 1 aromatic carbocycles. The Bertz CT molecular complexity index is 289. The van der Waals surface area contributed by atoms with Crippen LogP contribution in [0.25, 0.3) is 0 Å². The van der Waals surface area contributed by atoms with Gasteiger partial charge in [-0.25, -0.2) is 0 Å². The van der Waals surface area contributed by atoms with E-state index in [-0.39, 0.29) is 0 Å². The Balaban J connectivity index is 2.44. The predicted octanol–water partition coefficient (Wildman–Crippen LogP) is 2.57. The molecule has 0 atom stereocenters. The minimum Gasteiger partial charge on any atom is -0.188 e. The van der Waals surface area contributed by atoms with Gasteiger partial charge in [-0.2, -0.15) is 4.99 Å². The fourth-order valence-electron chi connectivity index (χ4n) is 0.843. The number of oxime groups is 1. The quantitative estimate of drug-likeness (QED) is 0.248. The summed E-state index contributed by atoms with van der Waals surface area (Å²) in [6.45, 7) is 1.82. The van der Waals surface area contributed by atoms with Crippen molar-refractivity contribution in [2.75, 3.05) is 6.26 Å². The van der Waals surface area contributed by atoms with Gasteiger partial charge in [-0.15, -0.1) is 4.33 Å². The van der Waals surface area contributed by atoms with Gasteiger partial charge in [0.15, 0.2) is 0 Å². The molecule has 0 spiro atoms. The highest BCUT2D eigenvalue weighted by atomic mass is 32.2. The molecule has 0 bridgehead atoms. The zero-order valence-electron chi connectivity index (χ0n) is 7.97. The van der Waals surface area contributed by atoms with Crippen molar-refractivity contribution in [3.05, 3.63) is 35.9 Å². The summed E-state index contributed by atoms with van der Waals surface area (Å²) in [6, 6.07) is 9.64. The highest BCUT2D eigenvalue weighted by Gasteiger charge is 1.96. The van der Waals surface area contributed by atoms with Crippen LogP contribution < -0.4 is 0 Å². The summed E-state index contributed by atoms with van der Waals surface area (Å²) in [6.07, 6.45) is 1.71. The smallest absolute Gasteiger partial charge is 0.0879 e. The maximum Gasteiger partial charge on any atom is 0.0879 e. The summed E-state index contributed by atoms with van der Waals surface area (Å²) in [4.78, 5) is 4.44. The summed E-state index contributed by atoms with van der Waals surface area (Å²) < 4.78 is 4.41. The molecule has 0 fully saturated rings. The van der Waals surface area contributed by atoms with Crippen LogP contribution in [0.3, 0.4) is 0 Å². The van der Waals surface area contributed by atoms with Crippen molar-refractivity contribution in [1.29, 1.82) is 0 Å². The van der Waals surface area contributed by atoms with E-state index in [1.165, 1.54) is 0 Å². The van der Waals surface area contributed by atoms with Crippen molar-refractivity contribution < 1.29 is 14.4 Å². The molecule has 0 heterocycles. The first-order valence-corrected chi connectivity index (χ1v) is 5.12. The van der Waals surface area contributed by atoms with Crippen LogP contribution in [0, 0.1) is 0 Å². The van der Waals surface area contributed by atoms with Crippen molar-refractivity contribution >= 4 is 17.8 Å². The van der Waals surface area contributed by atoms with E-state index in [9.17, 15) is 0 Å². The Labute approximate surface area is 86.9 Å². The van der Waals surface area contributed by atoms with Gasteiger partial charge in [-0.3, -0.25) is 0 Å². The third kappa shape index (κ3) is 3.78. The van der Waals surface area contributed by atoms with Crippen LogP contribution in [0.4, 0.5) is 0 Å². The number of rotatable bonds is 5. The molecule has 14 heavy (non-hydrogen) atoms. The van der Waals surface area contributed by atoms with Crippen molar-refractivity contribution in [2.45, 2.75) is 6.92 Å². The Morgan fingerprint density at radius 3 is 2.64 bits per heavy atom. The first-order valence-electron chi connectivity index (χ1n) is 3.98. The van der Waals surface area contributed by atoms with Crippen molar-refractivity contribution in [1.82, 2.24) is 0 Å². The van der Waals surface area contributed by atoms with Crippen molar-refractivity contribution in [3.8, 4) is 0 Å². The predicted molar refractivity (Wildman–Crippen MR) is 55.4 cm³/mol. The molecule has 0 radical (unpaired) electrons. The van der Waals surface area contributed by atoms with E-state index >= 15 is 0 Å².